The van der Waals surface area contributed by atoms with Gasteiger partial charge < -0.3 is 10.1 Å². The van der Waals surface area contributed by atoms with Gasteiger partial charge >= 0.3 is 0 Å². The van der Waals surface area contributed by atoms with E-state index in [0.717, 1.165) is 41.9 Å². The van der Waals surface area contributed by atoms with Crippen LogP contribution in [0, 0.1) is 11.8 Å². The van der Waals surface area contributed by atoms with Crippen molar-refractivity contribution in [2.45, 2.75) is 52.2 Å². The molecule has 0 bridgehead atoms. The van der Waals surface area contributed by atoms with E-state index in [-0.39, 0.29) is 42.2 Å². The van der Waals surface area contributed by atoms with Gasteiger partial charge in [-0.2, -0.15) is 0 Å². The summed E-state index contributed by atoms with van der Waals surface area (Å²) in [6.45, 7) is 4.10. The number of carbonyl (C=O) groups is 3. The van der Waals surface area contributed by atoms with Crippen LogP contribution in [0.4, 0.5) is 0 Å². The van der Waals surface area contributed by atoms with Crippen LogP contribution in [0.3, 0.4) is 0 Å². The minimum absolute atomic E-state index is 0.111. The summed E-state index contributed by atoms with van der Waals surface area (Å²) in [5, 5.41) is 2.78. The first-order valence-corrected chi connectivity index (χ1v) is 9.33. The van der Waals surface area contributed by atoms with Crippen LogP contribution in [0.1, 0.15) is 45.1 Å². The molecule has 2 fully saturated rings. The molecule has 1 aliphatic carbocycles. The van der Waals surface area contributed by atoms with Crippen molar-refractivity contribution in [3.05, 3.63) is 29.8 Å². The summed E-state index contributed by atoms with van der Waals surface area (Å²) in [5.74, 6) is -0.302. The van der Waals surface area contributed by atoms with Crippen molar-refractivity contribution in [1.82, 2.24) is 10.2 Å². The zero-order chi connectivity index (χ0) is 18.7. The van der Waals surface area contributed by atoms with Crippen molar-refractivity contribution < 1.29 is 19.1 Å². The molecule has 3 rings (SSSR count). The van der Waals surface area contributed by atoms with E-state index in [1.54, 1.807) is 0 Å². The summed E-state index contributed by atoms with van der Waals surface area (Å²) in [5.41, 5.74) is 0.933. The Kier molecular flexibility index (Phi) is 5.59. The number of amides is 3. The fourth-order valence-corrected chi connectivity index (χ4v) is 3.74. The van der Waals surface area contributed by atoms with E-state index in [2.05, 4.69) is 5.32 Å². The molecule has 0 aromatic heterocycles. The number of benzene rings is 1. The van der Waals surface area contributed by atoms with Crippen molar-refractivity contribution in [2.75, 3.05) is 6.54 Å². The molecule has 1 N–H and O–H groups in total. The lowest BCUT2D eigenvalue weighted by Gasteiger charge is -2.19. The summed E-state index contributed by atoms with van der Waals surface area (Å²) in [7, 11) is 0. The molecule has 1 saturated heterocycles. The van der Waals surface area contributed by atoms with Crippen molar-refractivity contribution in [2.24, 2.45) is 11.8 Å². The first kappa shape index (κ1) is 18.4. The fourth-order valence-electron chi connectivity index (χ4n) is 3.74. The highest BCUT2D eigenvalue weighted by molar-refractivity contribution is 6.07. The van der Waals surface area contributed by atoms with E-state index in [1.807, 2.05) is 38.1 Å². The van der Waals surface area contributed by atoms with E-state index >= 15 is 0 Å². The lowest BCUT2D eigenvalue weighted by atomic mass is 9.81. The number of nitrogens with one attached hydrogen (secondary N) is 1. The van der Waals surface area contributed by atoms with Crippen LogP contribution in [0.5, 0.6) is 5.75 Å². The molecule has 2 aliphatic rings. The van der Waals surface area contributed by atoms with Gasteiger partial charge in [-0.15, -0.1) is 0 Å². The Balaban J connectivity index is 1.51. The summed E-state index contributed by atoms with van der Waals surface area (Å²) in [6, 6.07) is 7.50. The molecule has 3 amide bonds. The Morgan fingerprint density at radius 1 is 1.12 bits per heavy atom. The molecule has 140 valence electrons. The minimum atomic E-state index is -0.312. The largest absolute Gasteiger partial charge is 0.491 e. The van der Waals surface area contributed by atoms with Gasteiger partial charge in [0.25, 0.3) is 0 Å². The quantitative estimate of drug-likeness (QED) is 0.792. The number of nitrogens with zero attached hydrogens (tertiary/aromatic N) is 1. The normalized spacial score (nSPS) is 22.5. The Bertz CT molecular complexity index is 660. The average Bonchev–Trinajstić information content (AvgIpc) is 2.86. The van der Waals surface area contributed by atoms with Crippen LogP contribution in [-0.4, -0.2) is 35.3 Å². The molecular formula is C20H26N2O4. The van der Waals surface area contributed by atoms with Gasteiger partial charge in [0.15, 0.2) is 0 Å². The predicted octanol–water partition coefficient (Wildman–Crippen LogP) is 2.27. The van der Waals surface area contributed by atoms with Crippen molar-refractivity contribution >= 4 is 17.7 Å². The van der Waals surface area contributed by atoms with Gasteiger partial charge in [-0.3, -0.25) is 19.3 Å². The van der Waals surface area contributed by atoms with Crippen molar-refractivity contribution in [3.8, 4) is 5.75 Å². The van der Waals surface area contributed by atoms with Crippen LogP contribution in [0.2, 0.25) is 0 Å². The molecule has 0 spiro atoms. The molecule has 2 atom stereocenters. The summed E-state index contributed by atoms with van der Waals surface area (Å²) in [6.07, 6.45) is 3.60. The van der Waals surface area contributed by atoms with Gasteiger partial charge in [0, 0.05) is 6.54 Å². The molecule has 6 heteroatoms. The maximum absolute atomic E-state index is 12.4. The van der Waals surface area contributed by atoms with Crippen LogP contribution >= 0.6 is 0 Å². The summed E-state index contributed by atoms with van der Waals surface area (Å²) >= 11 is 0. The molecule has 2 unspecified atom stereocenters. The SMILES string of the molecule is CC(C)Oc1ccc(CNC(=O)CN2C(=O)C3CCCCC3C2=O)cc1. The minimum Gasteiger partial charge on any atom is -0.491 e. The number of hydrogen-bond donors (Lipinski definition) is 1. The second-order valence-corrected chi connectivity index (χ2v) is 7.35. The molecule has 1 aromatic rings. The smallest absolute Gasteiger partial charge is 0.240 e. The molecule has 1 heterocycles. The van der Waals surface area contributed by atoms with Gasteiger partial charge in [-0.05, 0) is 44.4 Å². The molecule has 1 aromatic carbocycles. The second-order valence-electron chi connectivity index (χ2n) is 7.35. The molecule has 6 nitrogen and oxygen atoms in total. The number of imide groups is 1. The van der Waals surface area contributed by atoms with E-state index in [4.69, 9.17) is 4.74 Å². The lowest BCUT2D eigenvalue weighted by Crippen LogP contribution is -2.40. The number of ether oxygens (including phenoxy) is 1. The average molecular weight is 358 g/mol. The van der Waals surface area contributed by atoms with Crippen LogP contribution in [0.15, 0.2) is 24.3 Å². The van der Waals surface area contributed by atoms with E-state index < -0.39 is 0 Å². The number of carbonyl (C=O) groups excluding carboxylic acids is 3. The molecule has 26 heavy (non-hydrogen) atoms. The zero-order valence-corrected chi connectivity index (χ0v) is 15.4. The highest BCUT2D eigenvalue weighted by Crippen LogP contribution is 2.37. The van der Waals surface area contributed by atoms with Gasteiger partial charge in [-0.25, -0.2) is 0 Å². The third-order valence-electron chi connectivity index (χ3n) is 5.02. The summed E-state index contributed by atoms with van der Waals surface area (Å²) < 4.78 is 5.58. The van der Waals surface area contributed by atoms with E-state index in [1.165, 1.54) is 0 Å². The third kappa shape index (κ3) is 4.06. The fraction of sp³-hybridized carbons (Fsp3) is 0.550. The summed E-state index contributed by atoms with van der Waals surface area (Å²) in [4.78, 5) is 38.1. The van der Waals surface area contributed by atoms with Crippen molar-refractivity contribution in [1.29, 1.82) is 0 Å². The van der Waals surface area contributed by atoms with Gasteiger partial charge in [0.1, 0.15) is 12.3 Å². The highest BCUT2D eigenvalue weighted by atomic mass is 16.5. The predicted molar refractivity (Wildman–Crippen MR) is 96.2 cm³/mol. The standard InChI is InChI=1S/C20H26N2O4/c1-13(2)26-15-9-7-14(8-10-15)11-21-18(23)12-22-19(24)16-5-3-4-6-17(16)20(22)25/h7-10,13,16-17H,3-6,11-12H2,1-2H3,(H,21,23). The monoisotopic (exact) mass is 358 g/mol. The molecule has 1 saturated carbocycles. The number of hydrogen-bond acceptors (Lipinski definition) is 4. The molecule has 0 radical (unpaired) electrons. The topological polar surface area (TPSA) is 75.7 Å². The first-order chi connectivity index (χ1) is 12.5. The first-order valence-electron chi connectivity index (χ1n) is 9.33. The Hall–Kier alpha value is -2.37. The van der Waals surface area contributed by atoms with Gasteiger partial charge in [0.05, 0.1) is 17.9 Å². The maximum Gasteiger partial charge on any atom is 0.240 e. The number of likely N-dealkylation sites (tertiary alicyclic amines) is 1. The number of fused-ring (bicyclic) bond motifs is 1. The van der Waals surface area contributed by atoms with E-state index in [0.29, 0.717) is 6.54 Å². The Morgan fingerprint density at radius 2 is 1.69 bits per heavy atom. The second kappa shape index (κ2) is 7.89. The van der Waals surface area contributed by atoms with Crippen LogP contribution < -0.4 is 10.1 Å². The molecular weight excluding hydrogens is 332 g/mol. The maximum atomic E-state index is 12.4. The third-order valence-corrected chi connectivity index (χ3v) is 5.02. The van der Waals surface area contributed by atoms with E-state index in [9.17, 15) is 14.4 Å². The van der Waals surface area contributed by atoms with Crippen LogP contribution in [-0.2, 0) is 20.9 Å². The van der Waals surface area contributed by atoms with Gasteiger partial charge in [-0.1, -0.05) is 25.0 Å². The highest BCUT2D eigenvalue weighted by Gasteiger charge is 2.48. The number of rotatable bonds is 6. The Morgan fingerprint density at radius 3 is 2.23 bits per heavy atom. The van der Waals surface area contributed by atoms with Crippen molar-refractivity contribution in [3.63, 3.8) is 0 Å². The Labute approximate surface area is 153 Å². The zero-order valence-electron chi connectivity index (χ0n) is 15.4. The lowest BCUT2D eigenvalue weighted by molar-refractivity contribution is -0.143. The molecule has 1 aliphatic heterocycles. The van der Waals surface area contributed by atoms with Crippen LogP contribution in [0.25, 0.3) is 0 Å². The van der Waals surface area contributed by atoms with Gasteiger partial charge in [0.2, 0.25) is 17.7 Å².